The zero-order valence-electron chi connectivity index (χ0n) is 14.5. The summed E-state index contributed by atoms with van der Waals surface area (Å²) in [5, 5.41) is 13.2. The Kier molecular flexibility index (Phi) is 5.57. The summed E-state index contributed by atoms with van der Waals surface area (Å²) >= 11 is 0. The molecule has 0 aromatic carbocycles. The number of rotatable bonds is 3. The highest BCUT2D eigenvalue weighted by atomic mass is 16.3. The monoisotopic (exact) mass is 320 g/mol. The van der Waals surface area contributed by atoms with Gasteiger partial charge in [-0.3, -0.25) is 9.97 Å². The second-order valence-electron chi connectivity index (χ2n) is 7.34. The highest BCUT2D eigenvalue weighted by Gasteiger charge is 2.36. The first-order valence-electron chi connectivity index (χ1n) is 8.26. The molecule has 2 atom stereocenters. The van der Waals surface area contributed by atoms with Crippen molar-refractivity contribution >= 4 is 6.03 Å². The molecule has 1 aliphatic rings. The number of amides is 2. The lowest BCUT2D eigenvalue weighted by molar-refractivity contribution is -0.0123. The summed E-state index contributed by atoms with van der Waals surface area (Å²) in [6.07, 6.45) is 4.36. The van der Waals surface area contributed by atoms with Gasteiger partial charge in [0.2, 0.25) is 0 Å². The molecule has 0 saturated carbocycles. The lowest BCUT2D eigenvalue weighted by atomic mass is 9.74. The van der Waals surface area contributed by atoms with Gasteiger partial charge in [0.15, 0.2) is 0 Å². The van der Waals surface area contributed by atoms with Gasteiger partial charge in [0.05, 0.1) is 17.5 Å². The molecular weight excluding hydrogens is 292 g/mol. The van der Waals surface area contributed by atoms with Crippen molar-refractivity contribution < 1.29 is 9.90 Å². The fourth-order valence-electron chi connectivity index (χ4n) is 3.21. The minimum absolute atomic E-state index is 0.0610. The molecule has 2 amide bonds. The number of nitrogens with zero attached hydrogens (tertiary/aromatic N) is 3. The maximum atomic E-state index is 12.2. The van der Waals surface area contributed by atoms with E-state index in [4.69, 9.17) is 0 Å². The quantitative estimate of drug-likeness (QED) is 0.889. The third kappa shape index (κ3) is 4.64. The number of aryl methyl sites for hydroxylation is 1. The van der Waals surface area contributed by atoms with Gasteiger partial charge in [-0.25, -0.2) is 4.79 Å². The van der Waals surface area contributed by atoms with E-state index in [0.29, 0.717) is 26.1 Å². The minimum Gasteiger partial charge on any atom is -0.391 e. The molecule has 6 nitrogen and oxygen atoms in total. The molecule has 128 valence electrons. The number of likely N-dealkylation sites (tertiary alicyclic amines) is 1. The molecule has 0 radical (unpaired) electrons. The van der Waals surface area contributed by atoms with Crippen LogP contribution in [0.15, 0.2) is 12.4 Å². The molecular formula is C17H28N4O2. The topological polar surface area (TPSA) is 78.4 Å². The van der Waals surface area contributed by atoms with Gasteiger partial charge in [-0.1, -0.05) is 20.8 Å². The summed E-state index contributed by atoms with van der Waals surface area (Å²) in [6, 6.07) is -0.113. The predicted molar refractivity (Wildman–Crippen MR) is 89.0 cm³/mol. The highest BCUT2D eigenvalue weighted by Crippen LogP contribution is 2.34. The molecule has 0 aliphatic carbocycles. The van der Waals surface area contributed by atoms with Gasteiger partial charge in [0, 0.05) is 38.4 Å². The number of aromatic nitrogens is 2. The van der Waals surface area contributed by atoms with Crippen LogP contribution < -0.4 is 5.32 Å². The summed E-state index contributed by atoms with van der Waals surface area (Å²) in [4.78, 5) is 22.4. The molecule has 1 aromatic rings. The molecule has 2 N–H and O–H groups in total. The normalized spacial score (nSPS) is 22.0. The van der Waals surface area contributed by atoms with Crippen LogP contribution in [-0.4, -0.2) is 51.7 Å². The van der Waals surface area contributed by atoms with Crippen molar-refractivity contribution in [3.8, 4) is 0 Å². The van der Waals surface area contributed by atoms with E-state index < -0.39 is 6.10 Å². The Morgan fingerprint density at radius 1 is 1.39 bits per heavy atom. The lowest BCUT2D eigenvalue weighted by Crippen LogP contribution is -2.52. The van der Waals surface area contributed by atoms with E-state index in [1.807, 2.05) is 6.92 Å². The van der Waals surface area contributed by atoms with Crippen molar-refractivity contribution in [3.63, 3.8) is 0 Å². The third-order valence-electron chi connectivity index (χ3n) is 4.60. The van der Waals surface area contributed by atoms with Crippen LogP contribution in [0.25, 0.3) is 0 Å². The van der Waals surface area contributed by atoms with E-state index in [1.165, 1.54) is 0 Å². The Morgan fingerprint density at radius 2 is 2.09 bits per heavy atom. The Morgan fingerprint density at radius 3 is 2.70 bits per heavy atom. The standard InChI is InChI=1S/C17H28N4O2/c1-12-14(19-9-8-18-12)5-7-20-16(23)21-10-6-13(15(22)11-21)17(2,3)4/h8-9,13,15,22H,5-7,10-11H2,1-4H3,(H,20,23). The summed E-state index contributed by atoms with van der Waals surface area (Å²) in [5.74, 6) is 0.230. The van der Waals surface area contributed by atoms with Crippen LogP contribution in [-0.2, 0) is 6.42 Å². The summed E-state index contributed by atoms with van der Waals surface area (Å²) in [5.41, 5.74) is 1.85. The zero-order chi connectivity index (χ0) is 17.0. The van der Waals surface area contributed by atoms with Crippen LogP contribution in [0.1, 0.15) is 38.6 Å². The minimum atomic E-state index is -0.461. The Balaban J connectivity index is 1.80. The third-order valence-corrected chi connectivity index (χ3v) is 4.60. The first-order chi connectivity index (χ1) is 10.8. The number of carbonyl (C=O) groups is 1. The summed E-state index contributed by atoms with van der Waals surface area (Å²) < 4.78 is 0. The van der Waals surface area contributed by atoms with Gasteiger partial charge in [-0.05, 0) is 24.7 Å². The van der Waals surface area contributed by atoms with Gasteiger partial charge >= 0.3 is 6.03 Å². The van der Waals surface area contributed by atoms with Gasteiger partial charge in [-0.2, -0.15) is 0 Å². The SMILES string of the molecule is Cc1nccnc1CCNC(=O)N1CCC(C(C)(C)C)C(O)C1. The van der Waals surface area contributed by atoms with Crippen LogP contribution in [0.2, 0.25) is 0 Å². The molecule has 2 rings (SSSR count). The second-order valence-corrected chi connectivity index (χ2v) is 7.34. The van der Waals surface area contributed by atoms with Crippen molar-refractivity contribution in [1.82, 2.24) is 20.2 Å². The van der Waals surface area contributed by atoms with E-state index in [1.54, 1.807) is 17.3 Å². The van der Waals surface area contributed by atoms with E-state index in [9.17, 15) is 9.90 Å². The van der Waals surface area contributed by atoms with E-state index in [2.05, 4.69) is 36.1 Å². The fraction of sp³-hybridized carbons (Fsp3) is 0.706. The molecule has 2 unspecified atom stereocenters. The highest BCUT2D eigenvalue weighted by molar-refractivity contribution is 5.74. The number of aliphatic hydroxyl groups is 1. The number of nitrogens with one attached hydrogen (secondary N) is 1. The van der Waals surface area contributed by atoms with Crippen LogP contribution >= 0.6 is 0 Å². The van der Waals surface area contributed by atoms with Crippen molar-refractivity contribution in [3.05, 3.63) is 23.8 Å². The molecule has 0 spiro atoms. The average Bonchev–Trinajstić information content (AvgIpc) is 2.47. The van der Waals surface area contributed by atoms with Gasteiger partial charge < -0.3 is 15.3 Å². The van der Waals surface area contributed by atoms with Crippen LogP contribution in [0, 0.1) is 18.3 Å². The number of urea groups is 1. The maximum absolute atomic E-state index is 12.2. The van der Waals surface area contributed by atoms with E-state index in [0.717, 1.165) is 17.8 Å². The summed E-state index contributed by atoms with van der Waals surface area (Å²) in [6.45, 7) is 9.94. The van der Waals surface area contributed by atoms with Crippen LogP contribution in [0.5, 0.6) is 0 Å². The van der Waals surface area contributed by atoms with Crippen molar-refractivity contribution in [2.75, 3.05) is 19.6 Å². The van der Waals surface area contributed by atoms with Crippen LogP contribution in [0.3, 0.4) is 0 Å². The molecule has 23 heavy (non-hydrogen) atoms. The predicted octanol–water partition coefficient (Wildman–Crippen LogP) is 1.77. The molecule has 1 aromatic heterocycles. The van der Waals surface area contributed by atoms with Gasteiger partial charge in [0.25, 0.3) is 0 Å². The van der Waals surface area contributed by atoms with Crippen molar-refractivity contribution in [2.24, 2.45) is 11.3 Å². The molecule has 0 bridgehead atoms. The fourth-order valence-corrected chi connectivity index (χ4v) is 3.21. The number of piperidine rings is 1. The number of β-amino-alcohol motifs (C(OH)–C–C–N with tert-alkyl or cyclic N) is 1. The molecule has 1 aliphatic heterocycles. The molecule has 6 heteroatoms. The molecule has 2 heterocycles. The number of hydrogen-bond donors (Lipinski definition) is 2. The van der Waals surface area contributed by atoms with Gasteiger partial charge in [0.1, 0.15) is 0 Å². The lowest BCUT2D eigenvalue weighted by Gasteiger charge is -2.42. The van der Waals surface area contributed by atoms with Crippen molar-refractivity contribution in [2.45, 2.75) is 46.6 Å². The molecule has 1 fully saturated rings. The first-order valence-corrected chi connectivity index (χ1v) is 8.26. The first kappa shape index (κ1) is 17.7. The number of hydrogen-bond acceptors (Lipinski definition) is 4. The van der Waals surface area contributed by atoms with Crippen molar-refractivity contribution in [1.29, 1.82) is 0 Å². The smallest absolute Gasteiger partial charge is 0.317 e. The average molecular weight is 320 g/mol. The zero-order valence-corrected chi connectivity index (χ0v) is 14.5. The largest absolute Gasteiger partial charge is 0.391 e. The second kappa shape index (κ2) is 7.25. The van der Waals surface area contributed by atoms with E-state index in [-0.39, 0.29) is 17.4 Å². The summed E-state index contributed by atoms with van der Waals surface area (Å²) in [7, 11) is 0. The van der Waals surface area contributed by atoms with Gasteiger partial charge in [-0.15, -0.1) is 0 Å². The Labute approximate surface area is 138 Å². The number of aliphatic hydroxyl groups excluding tert-OH is 1. The Bertz CT molecular complexity index is 542. The number of carbonyl (C=O) groups excluding carboxylic acids is 1. The Hall–Kier alpha value is -1.69. The van der Waals surface area contributed by atoms with E-state index >= 15 is 0 Å². The van der Waals surface area contributed by atoms with Crippen LogP contribution in [0.4, 0.5) is 4.79 Å². The molecule has 1 saturated heterocycles. The maximum Gasteiger partial charge on any atom is 0.317 e.